The van der Waals surface area contributed by atoms with Crippen molar-refractivity contribution >= 4 is 33.3 Å². The molecule has 5 heteroatoms. The van der Waals surface area contributed by atoms with Crippen LogP contribution in [-0.4, -0.2) is 26.1 Å². The average molecular weight is 298 g/mol. The maximum Gasteiger partial charge on any atom is 0.161 e. The number of rotatable bonds is 2. The molecular weight excluding hydrogens is 286 g/mol. The molecule has 0 amide bonds. The Balaban J connectivity index is 1.91. The molecule has 3 rings (SSSR count). The molecule has 0 bridgehead atoms. The molecule has 0 radical (unpaired) electrons. The van der Waals surface area contributed by atoms with Crippen LogP contribution in [0.3, 0.4) is 0 Å². The Hall–Kier alpha value is -0.550. The normalized spacial score (nSPS) is 20.7. The highest BCUT2D eigenvalue weighted by atomic mass is 79.9. The van der Waals surface area contributed by atoms with Gasteiger partial charge < -0.3 is 0 Å². The Morgan fingerprint density at radius 2 is 2.44 bits per heavy atom. The first-order chi connectivity index (χ1) is 7.83. The van der Waals surface area contributed by atoms with Gasteiger partial charge in [-0.25, -0.2) is 0 Å². The number of halogens is 1. The number of hydrogen-bond acceptors (Lipinski definition) is 3. The van der Waals surface area contributed by atoms with Gasteiger partial charge in [-0.1, -0.05) is 15.9 Å². The van der Waals surface area contributed by atoms with Crippen LogP contribution in [0.2, 0.25) is 0 Å². The summed E-state index contributed by atoms with van der Waals surface area (Å²) < 4.78 is 3.14. The summed E-state index contributed by atoms with van der Waals surface area (Å²) in [5.41, 5.74) is 0.926. The van der Waals surface area contributed by atoms with E-state index < -0.39 is 0 Å². The van der Waals surface area contributed by atoms with Crippen molar-refractivity contribution in [1.29, 1.82) is 0 Å². The molecule has 0 aliphatic carbocycles. The third-order valence-electron chi connectivity index (χ3n) is 2.94. The summed E-state index contributed by atoms with van der Waals surface area (Å²) in [5.74, 6) is 4.44. The molecular formula is C11H12BrN3S. The lowest BCUT2D eigenvalue weighted by molar-refractivity contribution is 0.572. The van der Waals surface area contributed by atoms with Crippen molar-refractivity contribution in [2.24, 2.45) is 5.92 Å². The van der Waals surface area contributed by atoms with Crippen LogP contribution >= 0.6 is 27.7 Å². The van der Waals surface area contributed by atoms with Crippen LogP contribution in [0.5, 0.6) is 0 Å². The van der Waals surface area contributed by atoms with Crippen molar-refractivity contribution in [3.05, 3.63) is 28.6 Å². The summed E-state index contributed by atoms with van der Waals surface area (Å²) in [7, 11) is 0. The molecule has 1 aliphatic rings. The maximum atomic E-state index is 4.28. The predicted octanol–water partition coefficient (Wildman–Crippen LogP) is 2.79. The number of fused-ring (bicyclic) bond motifs is 1. The fourth-order valence-electron chi connectivity index (χ4n) is 2.06. The summed E-state index contributed by atoms with van der Waals surface area (Å²) in [6, 6.07) is 4.03. The molecule has 16 heavy (non-hydrogen) atoms. The molecule has 0 saturated carbocycles. The molecule has 2 aromatic rings. The smallest absolute Gasteiger partial charge is 0.161 e. The van der Waals surface area contributed by atoms with E-state index in [0.717, 1.165) is 28.3 Å². The third-order valence-corrected chi connectivity index (χ3v) is 4.66. The van der Waals surface area contributed by atoms with Gasteiger partial charge in [0, 0.05) is 17.1 Å². The van der Waals surface area contributed by atoms with Crippen molar-refractivity contribution < 1.29 is 0 Å². The van der Waals surface area contributed by atoms with Crippen LogP contribution in [0.15, 0.2) is 22.8 Å². The van der Waals surface area contributed by atoms with Crippen molar-refractivity contribution in [3.63, 3.8) is 0 Å². The highest BCUT2D eigenvalue weighted by molar-refractivity contribution is 9.10. The predicted molar refractivity (Wildman–Crippen MR) is 69.8 cm³/mol. The second kappa shape index (κ2) is 4.37. The molecule has 84 valence electrons. The van der Waals surface area contributed by atoms with Gasteiger partial charge in [0.05, 0.1) is 0 Å². The fourth-order valence-corrected chi connectivity index (χ4v) is 3.66. The first-order valence-electron chi connectivity index (χ1n) is 5.40. The first kappa shape index (κ1) is 10.6. The second-order valence-electron chi connectivity index (χ2n) is 4.12. The zero-order chi connectivity index (χ0) is 11.0. The van der Waals surface area contributed by atoms with Gasteiger partial charge in [0.2, 0.25) is 0 Å². The third kappa shape index (κ3) is 1.98. The molecule has 0 spiro atoms. The standard InChI is InChI=1S/C11H12BrN3S/c12-9-1-3-15-10(13-14-11(15)6-9)5-8-2-4-16-7-8/h1,3,6,8H,2,4-5,7H2. The van der Waals surface area contributed by atoms with E-state index in [0.29, 0.717) is 0 Å². The van der Waals surface area contributed by atoms with E-state index in [-0.39, 0.29) is 0 Å². The topological polar surface area (TPSA) is 30.2 Å². The lowest BCUT2D eigenvalue weighted by atomic mass is 10.1. The van der Waals surface area contributed by atoms with Gasteiger partial charge in [-0.2, -0.15) is 11.8 Å². The lowest BCUT2D eigenvalue weighted by Gasteiger charge is -2.05. The zero-order valence-electron chi connectivity index (χ0n) is 8.77. The minimum absolute atomic E-state index is 0.779. The molecule has 1 unspecified atom stereocenters. The Morgan fingerprint density at radius 3 is 3.25 bits per heavy atom. The van der Waals surface area contributed by atoms with Crippen molar-refractivity contribution in [3.8, 4) is 0 Å². The quantitative estimate of drug-likeness (QED) is 0.854. The van der Waals surface area contributed by atoms with Crippen LogP contribution in [0.4, 0.5) is 0 Å². The maximum absolute atomic E-state index is 4.28. The largest absolute Gasteiger partial charge is 0.286 e. The molecule has 0 N–H and O–H groups in total. The first-order valence-corrected chi connectivity index (χ1v) is 7.34. The van der Waals surface area contributed by atoms with Crippen LogP contribution in [0.25, 0.3) is 5.65 Å². The summed E-state index contributed by atoms with van der Waals surface area (Å²) in [6.07, 6.45) is 4.41. The summed E-state index contributed by atoms with van der Waals surface area (Å²) in [6.45, 7) is 0. The molecule has 3 heterocycles. The zero-order valence-corrected chi connectivity index (χ0v) is 11.2. The molecule has 2 aromatic heterocycles. The van der Waals surface area contributed by atoms with Crippen LogP contribution in [-0.2, 0) is 6.42 Å². The average Bonchev–Trinajstić information content (AvgIpc) is 2.89. The van der Waals surface area contributed by atoms with Crippen LogP contribution < -0.4 is 0 Å². The summed E-state index contributed by atoms with van der Waals surface area (Å²) in [5, 5.41) is 8.48. The lowest BCUT2D eigenvalue weighted by Crippen LogP contribution is -2.06. The fraction of sp³-hybridized carbons (Fsp3) is 0.455. The van der Waals surface area contributed by atoms with Crippen LogP contribution in [0, 0.1) is 5.92 Å². The van der Waals surface area contributed by atoms with Gasteiger partial charge >= 0.3 is 0 Å². The SMILES string of the molecule is Brc1ccn2c(CC3CCSC3)nnc2c1. The van der Waals surface area contributed by atoms with Gasteiger partial charge in [0.15, 0.2) is 5.65 Å². The van der Waals surface area contributed by atoms with Crippen LogP contribution in [0.1, 0.15) is 12.2 Å². The van der Waals surface area contributed by atoms with E-state index in [1.807, 2.05) is 30.1 Å². The number of nitrogens with zero attached hydrogens (tertiary/aromatic N) is 3. The minimum atomic E-state index is 0.779. The highest BCUT2D eigenvalue weighted by Crippen LogP contribution is 2.26. The minimum Gasteiger partial charge on any atom is -0.286 e. The Morgan fingerprint density at radius 1 is 1.50 bits per heavy atom. The molecule has 1 fully saturated rings. The molecule has 1 atom stereocenters. The van der Waals surface area contributed by atoms with Gasteiger partial charge in [-0.15, -0.1) is 10.2 Å². The number of pyridine rings is 1. The number of hydrogen-bond donors (Lipinski definition) is 0. The molecule has 0 aromatic carbocycles. The van der Waals surface area contributed by atoms with Gasteiger partial charge in [0.25, 0.3) is 0 Å². The number of aromatic nitrogens is 3. The van der Waals surface area contributed by atoms with E-state index in [1.54, 1.807) is 0 Å². The summed E-state index contributed by atoms with van der Waals surface area (Å²) in [4.78, 5) is 0. The van der Waals surface area contributed by atoms with Gasteiger partial charge in [0.1, 0.15) is 5.82 Å². The number of thioether (sulfide) groups is 1. The Labute approximate surface area is 107 Å². The van der Waals surface area contributed by atoms with E-state index in [1.165, 1.54) is 17.9 Å². The van der Waals surface area contributed by atoms with E-state index >= 15 is 0 Å². The van der Waals surface area contributed by atoms with Crippen molar-refractivity contribution in [2.75, 3.05) is 11.5 Å². The van der Waals surface area contributed by atoms with E-state index in [4.69, 9.17) is 0 Å². The highest BCUT2D eigenvalue weighted by Gasteiger charge is 2.18. The van der Waals surface area contributed by atoms with Gasteiger partial charge in [-0.05, 0) is 36.0 Å². The van der Waals surface area contributed by atoms with E-state index in [2.05, 4.69) is 30.5 Å². The Kier molecular flexibility index (Phi) is 2.90. The second-order valence-corrected chi connectivity index (χ2v) is 6.19. The summed E-state index contributed by atoms with van der Waals surface area (Å²) >= 11 is 5.49. The van der Waals surface area contributed by atoms with Gasteiger partial charge in [-0.3, -0.25) is 4.40 Å². The molecule has 1 aliphatic heterocycles. The van der Waals surface area contributed by atoms with Crippen molar-refractivity contribution in [1.82, 2.24) is 14.6 Å². The monoisotopic (exact) mass is 297 g/mol. The molecule has 3 nitrogen and oxygen atoms in total. The Bertz CT molecular complexity index is 505. The molecule has 1 saturated heterocycles. The van der Waals surface area contributed by atoms with E-state index in [9.17, 15) is 0 Å². The van der Waals surface area contributed by atoms with Crippen molar-refractivity contribution in [2.45, 2.75) is 12.8 Å².